The number of hydrogen-bond donors (Lipinski definition) is 1. The van der Waals surface area contributed by atoms with Gasteiger partial charge in [-0.2, -0.15) is 0 Å². The molecule has 1 atom stereocenters. The van der Waals surface area contributed by atoms with Crippen molar-refractivity contribution in [2.24, 2.45) is 0 Å². The molecule has 1 aromatic rings. The summed E-state index contributed by atoms with van der Waals surface area (Å²) in [4.78, 5) is 16.1. The highest BCUT2D eigenvalue weighted by Crippen LogP contribution is 2.33. The quantitative estimate of drug-likeness (QED) is 0.853. The summed E-state index contributed by atoms with van der Waals surface area (Å²) in [5, 5.41) is 2.37. The van der Waals surface area contributed by atoms with E-state index in [9.17, 15) is 13.2 Å². The lowest BCUT2D eigenvalue weighted by molar-refractivity contribution is -0.117. The third kappa shape index (κ3) is 3.58. The molecule has 0 radical (unpaired) electrons. The number of ether oxygens (including phenoxy) is 1. The lowest BCUT2D eigenvalue weighted by Crippen LogP contribution is -2.71. The van der Waals surface area contributed by atoms with Crippen LogP contribution >= 0.6 is 0 Å². The Bertz CT molecular complexity index is 756. The number of benzene rings is 1. The summed E-state index contributed by atoms with van der Waals surface area (Å²) in [7, 11) is -3.21. The molecule has 4 rings (SSSR count). The van der Waals surface area contributed by atoms with Gasteiger partial charge >= 0.3 is 6.03 Å². The standard InChI is InChI=1S/C18H25N3O4S/c22-17(19-15-6-2-1-3-7-15)21-12-18(13-21)14-26(23,24)16(11-25-18)10-20-8-4-5-9-20/h1-3,6-7,16H,4-5,8-14H2,(H,19,22)/t16-/m0/s1. The summed E-state index contributed by atoms with van der Waals surface area (Å²) in [5.41, 5.74) is -0.00437. The fourth-order valence-electron chi connectivity index (χ4n) is 4.02. The number of rotatable bonds is 3. The third-order valence-electron chi connectivity index (χ3n) is 5.48. The largest absolute Gasteiger partial charge is 0.369 e. The van der Waals surface area contributed by atoms with Gasteiger partial charge in [0.1, 0.15) is 5.60 Å². The minimum absolute atomic E-state index is 0.00756. The molecule has 142 valence electrons. The summed E-state index contributed by atoms with van der Waals surface area (Å²) in [6.07, 6.45) is 2.28. The van der Waals surface area contributed by atoms with Crippen molar-refractivity contribution in [3.8, 4) is 0 Å². The van der Waals surface area contributed by atoms with E-state index in [1.165, 1.54) is 0 Å². The number of hydrogen-bond acceptors (Lipinski definition) is 5. The van der Waals surface area contributed by atoms with E-state index < -0.39 is 20.7 Å². The van der Waals surface area contributed by atoms with Crippen LogP contribution in [0.15, 0.2) is 30.3 Å². The SMILES string of the molecule is O=C(Nc1ccccc1)N1CC2(C1)CS(=O)(=O)[C@@H](CN1CCCC1)CO2. The van der Waals surface area contributed by atoms with Crippen molar-refractivity contribution in [2.45, 2.75) is 23.7 Å². The van der Waals surface area contributed by atoms with Crippen LogP contribution in [0, 0.1) is 0 Å². The molecule has 2 amide bonds. The van der Waals surface area contributed by atoms with Crippen LogP contribution in [0.1, 0.15) is 12.8 Å². The Morgan fingerprint density at radius 2 is 1.88 bits per heavy atom. The van der Waals surface area contributed by atoms with Gasteiger partial charge in [-0.05, 0) is 38.1 Å². The molecule has 3 aliphatic rings. The van der Waals surface area contributed by atoms with Crippen molar-refractivity contribution in [1.29, 1.82) is 0 Å². The molecule has 1 aromatic carbocycles. The Morgan fingerprint density at radius 1 is 1.19 bits per heavy atom. The number of sulfone groups is 1. The van der Waals surface area contributed by atoms with Crippen molar-refractivity contribution in [2.75, 3.05) is 50.4 Å². The van der Waals surface area contributed by atoms with Gasteiger partial charge in [-0.3, -0.25) is 0 Å². The average Bonchev–Trinajstić information content (AvgIpc) is 3.08. The highest BCUT2D eigenvalue weighted by Gasteiger charge is 2.54. The van der Waals surface area contributed by atoms with Crippen LogP contribution in [0.3, 0.4) is 0 Å². The molecule has 0 unspecified atom stereocenters. The maximum atomic E-state index is 12.7. The smallest absolute Gasteiger partial charge is 0.322 e. The Labute approximate surface area is 154 Å². The molecule has 8 heteroatoms. The van der Waals surface area contributed by atoms with Crippen LogP contribution in [0.4, 0.5) is 10.5 Å². The lowest BCUT2D eigenvalue weighted by atomic mass is 9.96. The maximum Gasteiger partial charge on any atom is 0.322 e. The molecular weight excluding hydrogens is 354 g/mol. The first kappa shape index (κ1) is 17.8. The third-order valence-corrected chi connectivity index (χ3v) is 7.71. The number of likely N-dealkylation sites (tertiary alicyclic amines) is 2. The van der Waals surface area contributed by atoms with E-state index in [1.807, 2.05) is 30.3 Å². The minimum atomic E-state index is -3.21. The molecule has 0 saturated carbocycles. The Balaban J connectivity index is 1.32. The van der Waals surface area contributed by atoms with Gasteiger partial charge in [0.25, 0.3) is 0 Å². The van der Waals surface area contributed by atoms with E-state index in [-0.39, 0.29) is 18.4 Å². The van der Waals surface area contributed by atoms with Crippen molar-refractivity contribution in [3.05, 3.63) is 30.3 Å². The van der Waals surface area contributed by atoms with Crippen LogP contribution in [0.25, 0.3) is 0 Å². The number of nitrogens with zero attached hydrogens (tertiary/aromatic N) is 2. The molecule has 0 aliphatic carbocycles. The molecule has 3 aliphatic heterocycles. The predicted octanol–water partition coefficient (Wildman–Crippen LogP) is 1.18. The topological polar surface area (TPSA) is 79.0 Å². The number of nitrogens with one attached hydrogen (secondary N) is 1. The first-order valence-corrected chi connectivity index (χ1v) is 10.9. The number of amides is 2. The van der Waals surface area contributed by atoms with E-state index in [2.05, 4.69) is 10.2 Å². The number of urea groups is 1. The van der Waals surface area contributed by atoms with Gasteiger partial charge in [0, 0.05) is 12.2 Å². The highest BCUT2D eigenvalue weighted by molar-refractivity contribution is 7.92. The van der Waals surface area contributed by atoms with Gasteiger partial charge in [-0.25, -0.2) is 13.2 Å². The lowest BCUT2D eigenvalue weighted by Gasteiger charge is -2.52. The van der Waals surface area contributed by atoms with Crippen LogP contribution in [-0.2, 0) is 14.6 Å². The Kier molecular flexibility index (Phi) is 4.66. The average molecular weight is 379 g/mol. The summed E-state index contributed by atoms with van der Waals surface area (Å²) in [6.45, 7) is 3.39. The van der Waals surface area contributed by atoms with E-state index in [0.717, 1.165) is 31.6 Å². The summed E-state index contributed by atoms with van der Waals surface area (Å²) in [6, 6.07) is 9.00. The molecule has 0 aromatic heterocycles. The zero-order valence-corrected chi connectivity index (χ0v) is 15.6. The summed E-state index contributed by atoms with van der Waals surface area (Å²) < 4.78 is 31.4. The van der Waals surface area contributed by atoms with Gasteiger partial charge in [0.05, 0.1) is 30.7 Å². The molecule has 1 N–H and O–H groups in total. The molecule has 26 heavy (non-hydrogen) atoms. The number of anilines is 1. The summed E-state index contributed by atoms with van der Waals surface area (Å²) in [5.74, 6) is 0.00756. The van der Waals surface area contributed by atoms with Crippen molar-refractivity contribution < 1.29 is 17.9 Å². The maximum absolute atomic E-state index is 12.7. The normalized spacial score (nSPS) is 27.2. The second-order valence-corrected chi connectivity index (χ2v) is 9.86. The first-order valence-electron chi connectivity index (χ1n) is 9.15. The first-order chi connectivity index (χ1) is 12.5. The Morgan fingerprint density at radius 3 is 2.54 bits per heavy atom. The van der Waals surface area contributed by atoms with Crippen LogP contribution in [0.5, 0.6) is 0 Å². The predicted molar refractivity (Wildman–Crippen MR) is 99.0 cm³/mol. The molecule has 0 bridgehead atoms. The molecule has 1 spiro atoms. The van der Waals surface area contributed by atoms with Crippen molar-refractivity contribution in [3.63, 3.8) is 0 Å². The molecule has 3 fully saturated rings. The van der Waals surface area contributed by atoms with Crippen molar-refractivity contribution >= 4 is 21.6 Å². The fraction of sp³-hybridized carbons (Fsp3) is 0.611. The van der Waals surface area contributed by atoms with Gasteiger partial charge in [-0.15, -0.1) is 0 Å². The number of carbonyl (C=O) groups excluding carboxylic acids is 1. The zero-order chi connectivity index (χ0) is 18.2. The monoisotopic (exact) mass is 379 g/mol. The van der Waals surface area contributed by atoms with Crippen molar-refractivity contribution in [1.82, 2.24) is 9.80 Å². The molecule has 7 nitrogen and oxygen atoms in total. The van der Waals surface area contributed by atoms with Gasteiger partial charge in [0.15, 0.2) is 9.84 Å². The van der Waals surface area contributed by atoms with Crippen LogP contribution in [-0.4, -0.2) is 80.2 Å². The molecule has 3 saturated heterocycles. The highest BCUT2D eigenvalue weighted by atomic mass is 32.2. The van der Waals surface area contributed by atoms with E-state index in [0.29, 0.717) is 19.6 Å². The molecule has 3 heterocycles. The number of para-hydroxylation sites is 1. The van der Waals surface area contributed by atoms with E-state index in [4.69, 9.17) is 4.74 Å². The van der Waals surface area contributed by atoms with Gasteiger partial charge in [0.2, 0.25) is 0 Å². The zero-order valence-electron chi connectivity index (χ0n) is 14.8. The van der Waals surface area contributed by atoms with E-state index >= 15 is 0 Å². The van der Waals surface area contributed by atoms with Crippen LogP contribution < -0.4 is 5.32 Å². The second kappa shape index (κ2) is 6.83. The molecular formula is C18H25N3O4S. The Hall–Kier alpha value is -1.64. The van der Waals surface area contributed by atoms with Gasteiger partial charge in [-0.1, -0.05) is 18.2 Å². The van der Waals surface area contributed by atoms with Crippen LogP contribution in [0.2, 0.25) is 0 Å². The second-order valence-electron chi connectivity index (χ2n) is 7.58. The fourth-order valence-corrected chi connectivity index (χ4v) is 5.97. The minimum Gasteiger partial charge on any atom is -0.369 e. The van der Waals surface area contributed by atoms with Gasteiger partial charge < -0.3 is 19.9 Å². The van der Waals surface area contributed by atoms with E-state index in [1.54, 1.807) is 4.90 Å². The summed E-state index contributed by atoms with van der Waals surface area (Å²) >= 11 is 0. The number of carbonyl (C=O) groups is 1.